The molecular formula is C19H23BrN2O2. The van der Waals surface area contributed by atoms with Crippen molar-refractivity contribution in [2.24, 2.45) is 0 Å². The van der Waals surface area contributed by atoms with Crippen LogP contribution < -0.4 is 15.4 Å². The van der Waals surface area contributed by atoms with Crippen molar-refractivity contribution < 1.29 is 9.53 Å². The van der Waals surface area contributed by atoms with E-state index in [9.17, 15) is 4.79 Å². The van der Waals surface area contributed by atoms with Gasteiger partial charge in [-0.25, -0.2) is 0 Å². The van der Waals surface area contributed by atoms with Crippen LogP contribution in [-0.2, 0) is 4.79 Å². The average molecular weight is 391 g/mol. The molecule has 1 atom stereocenters. The summed E-state index contributed by atoms with van der Waals surface area (Å²) < 4.78 is 6.13. The molecule has 2 N–H and O–H groups in total. The van der Waals surface area contributed by atoms with Crippen LogP contribution in [0.2, 0.25) is 0 Å². The standard InChI is InChI=1S/C19H23BrN2O2/c1-12-7-13(2)9-16(8-12)22-19(23)11-21-14(3)15-5-6-18(24-4)17(20)10-15/h5-10,14,21H,11H2,1-4H3,(H,22,23). The second-order valence-corrected chi connectivity index (χ2v) is 6.78. The Bertz CT molecular complexity index is 711. The lowest BCUT2D eigenvalue weighted by molar-refractivity contribution is -0.115. The molecule has 1 amide bonds. The maximum Gasteiger partial charge on any atom is 0.238 e. The molecule has 0 fully saturated rings. The number of carbonyl (C=O) groups excluding carboxylic acids is 1. The number of anilines is 1. The van der Waals surface area contributed by atoms with Crippen LogP contribution in [0.15, 0.2) is 40.9 Å². The number of hydrogen-bond donors (Lipinski definition) is 2. The van der Waals surface area contributed by atoms with Gasteiger partial charge in [-0.15, -0.1) is 0 Å². The van der Waals surface area contributed by atoms with E-state index in [1.165, 1.54) is 0 Å². The first-order valence-electron chi connectivity index (χ1n) is 7.84. The molecule has 24 heavy (non-hydrogen) atoms. The van der Waals surface area contributed by atoms with Gasteiger partial charge in [-0.3, -0.25) is 4.79 Å². The lowest BCUT2D eigenvalue weighted by atomic mass is 10.1. The molecule has 0 bridgehead atoms. The number of halogens is 1. The van der Waals surface area contributed by atoms with Crippen molar-refractivity contribution in [2.45, 2.75) is 26.8 Å². The highest BCUT2D eigenvalue weighted by atomic mass is 79.9. The first-order valence-corrected chi connectivity index (χ1v) is 8.63. The van der Waals surface area contributed by atoms with Crippen LogP contribution in [0.25, 0.3) is 0 Å². The average Bonchev–Trinajstić information content (AvgIpc) is 2.51. The number of ether oxygens (including phenoxy) is 1. The lowest BCUT2D eigenvalue weighted by Gasteiger charge is -2.16. The summed E-state index contributed by atoms with van der Waals surface area (Å²) in [4.78, 5) is 12.1. The van der Waals surface area contributed by atoms with Crippen LogP contribution in [0, 0.1) is 13.8 Å². The molecule has 0 aromatic heterocycles. The number of aryl methyl sites for hydroxylation is 2. The molecule has 0 radical (unpaired) electrons. The molecule has 0 saturated carbocycles. The first kappa shape index (κ1) is 18.5. The minimum absolute atomic E-state index is 0.0530. The zero-order valence-electron chi connectivity index (χ0n) is 14.4. The van der Waals surface area contributed by atoms with Gasteiger partial charge in [0.15, 0.2) is 0 Å². The fraction of sp³-hybridized carbons (Fsp3) is 0.316. The third kappa shape index (κ3) is 5.08. The lowest BCUT2D eigenvalue weighted by Crippen LogP contribution is -2.30. The summed E-state index contributed by atoms with van der Waals surface area (Å²) in [7, 11) is 1.64. The molecule has 5 heteroatoms. The smallest absolute Gasteiger partial charge is 0.238 e. The topological polar surface area (TPSA) is 50.4 Å². The molecule has 0 aliphatic heterocycles. The minimum atomic E-state index is -0.0561. The zero-order valence-corrected chi connectivity index (χ0v) is 16.0. The van der Waals surface area contributed by atoms with Crippen molar-refractivity contribution in [3.8, 4) is 5.75 Å². The number of amides is 1. The molecule has 0 saturated heterocycles. The highest BCUT2D eigenvalue weighted by Crippen LogP contribution is 2.27. The van der Waals surface area contributed by atoms with Crippen LogP contribution in [0.3, 0.4) is 0 Å². The van der Waals surface area contributed by atoms with E-state index >= 15 is 0 Å². The fourth-order valence-corrected chi connectivity index (χ4v) is 3.13. The Morgan fingerprint density at radius 1 is 1.17 bits per heavy atom. The summed E-state index contributed by atoms with van der Waals surface area (Å²) in [6.07, 6.45) is 0. The fourth-order valence-electron chi connectivity index (χ4n) is 2.57. The van der Waals surface area contributed by atoms with Gasteiger partial charge in [0.1, 0.15) is 5.75 Å². The second-order valence-electron chi connectivity index (χ2n) is 5.92. The summed E-state index contributed by atoms with van der Waals surface area (Å²) in [5.74, 6) is 0.734. The molecule has 2 rings (SSSR count). The monoisotopic (exact) mass is 390 g/mol. The number of benzene rings is 2. The van der Waals surface area contributed by atoms with Crippen molar-refractivity contribution in [3.63, 3.8) is 0 Å². The molecule has 0 aliphatic carbocycles. The zero-order chi connectivity index (χ0) is 17.7. The summed E-state index contributed by atoms with van der Waals surface area (Å²) in [5, 5.41) is 6.17. The molecule has 128 valence electrons. The van der Waals surface area contributed by atoms with E-state index in [4.69, 9.17) is 4.74 Å². The van der Waals surface area contributed by atoms with Crippen LogP contribution in [0.1, 0.15) is 29.7 Å². The Hall–Kier alpha value is -1.85. The molecular weight excluding hydrogens is 368 g/mol. The molecule has 2 aromatic rings. The summed E-state index contributed by atoms with van der Waals surface area (Å²) in [5.41, 5.74) is 4.19. The van der Waals surface area contributed by atoms with Gasteiger partial charge in [0.2, 0.25) is 5.91 Å². The quantitative estimate of drug-likeness (QED) is 0.769. The highest BCUT2D eigenvalue weighted by molar-refractivity contribution is 9.10. The van der Waals surface area contributed by atoms with E-state index in [0.717, 1.165) is 32.6 Å². The predicted octanol–water partition coefficient (Wildman–Crippen LogP) is 4.36. The van der Waals surface area contributed by atoms with E-state index in [1.54, 1.807) is 7.11 Å². The summed E-state index contributed by atoms with van der Waals surface area (Å²) in [6, 6.07) is 12.0. The summed E-state index contributed by atoms with van der Waals surface area (Å²) in [6.45, 7) is 6.31. The molecule has 0 heterocycles. The van der Waals surface area contributed by atoms with E-state index in [1.807, 2.05) is 51.1 Å². The van der Waals surface area contributed by atoms with Crippen molar-refractivity contribution >= 4 is 27.5 Å². The van der Waals surface area contributed by atoms with Crippen LogP contribution in [0.4, 0.5) is 5.69 Å². The third-order valence-electron chi connectivity index (χ3n) is 3.75. The number of nitrogens with one attached hydrogen (secondary N) is 2. The number of hydrogen-bond acceptors (Lipinski definition) is 3. The Balaban J connectivity index is 1.92. The van der Waals surface area contributed by atoms with Gasteiger partial charge >= 0.3 is 0 Å². The van der Waals surface area contributed by atoms with E-state index in [2.05, 4.69) is 32.6 Å². The maximum atomic E-state index is 12.1. The first-order chi connectivity index (χ1) is 11.4. The van der Waals surface area contributed by atoms with E-state index < -0.39 is 0 Å². The van der Waals surface area contributed by atoms with Crippen LogP contribution >= 0.6 is 15.9 Å². The Labute approximate surface area is 151 Å². The Morgan fingerprint density at radius 2 is 1.83 bits per heavy atom. The van der Waals surface area contributed by atoms with Crippen molar-refractivity contribution in [1.29, 1.82) is 0 Å². The van der Waals surface area contributed by atoms with Gasteiger partial charge in [-0.1, -0.05) is 12.1 Å². The Morgan fingerprint density at radius 3 is 2.42 bits per heavy atom. The molecule has 1 unspecified atom stereocenters. The summed E-state index contributed by atoms with van der Waals surface area (Å²) >= 11 is 3.48. The second kappa shape index (κ2) is 8.31. The van der Waals surface area contributed by atoms with Crippen molar-refractivity contribution in [2.75, 3.05) is 19.0 Å². The minimum Gasteiger partial charge on any atom is -0.496 e. The van der Waals surface area contributed by atoms with Crippen molar-refractivity contribution in [1.82, 2.24) is 5.32 Å². The normalized spacial score (nSPS) is 11.9. The molecule has 0 aliphatic rings. The molecule has 4 nitrogen and oxygen atoms in total. The van der Waals surface area contributed by atoms with Gasteiger partial charge in [0.25, 0.3) is 0 Å². The molecule has 2 aromatic carbocycles. The van der Waals surface area contributed by atoms with Crippen LogP contribution in [0.5, 0.6) is 5.75 Å². The Kier molecular flexibility index (Phi) is 6.40. The van der Waals surface area contributed by atoms with Gasteiger partial charge in [0.05, 0.1) is 18.1 Å². The predicted molar refractivity (Wildman–Crippen MR) is 102 cm³/mol. The van der Waals surface area contributed by atoms with E-state index in [0.29, 0.717) is 0 Å². The van der Waals surface area contributed by atoms with Crippen molar-refractivity contribution in [3.05, 3.63) is 57.6 Å². The van der Waals surface area contributed by atoms with Gasteiger partial charge in [-0.05, 0) is 77.7 Å². The number of methoxy groups -OCH3 is 1. The highest BCUT2D eigenvalue weighted by Gasteiger charge is 2.10. The number of carbonyl (C=O) groups is 1. The largest absolute Gasteiger partial charge is 0.496 e. The third-order valence-corrected chi connectivity index (χ3v) is 4.37. The molecule has 0 spiro atoms. The number of rotatable bonds is 6. The van der Waals surface area contributed by atoms with E-state index in [-0.39, 0.29) is 18.5 Å². The SMILES string of the molecule is COc1ccc(C(C)NCC(=O)Nc2cc(C)cc(C)c2)cc1Br. The maximum absolute atomic E-state index is 12.1. The van der Waals surface area contributed by atoms with Gasteiger partial charge < -0.3 is 15.4 Å². The van der Waals surface area contributed by atoms with Crippen LogP contribution in [-0.4, -0.2) is 19.6 Å². The van der Waals surface area contributed by atoms with Gasteiger partial charge in [-0.2, -0.15) is 0 Å². The van der Waals surface area contributed by atoms with Gasteiger partial charge in [0, 0.05) is 11.7 Å².